The maximum Gasteiger partial charge on any atom is 0.233 e. The average Bonchev–Trinajstić information content (AvgIpc) is 3.11. The molecule has 8 nitrogen and oxygen atoms in total. The number of aromatic nitrogens is 3. The summed E-state index contributed by atoms with van der Waals surface area (Å²) in [6.45, 7) is 0.277. The van der Waals surface area contributed by atoms with E-state index in [1.54, 1.807) is 13.1 Å². The molecule has 0 fully saturated rings. The Morgan fingerprint density at radius 2 is 1.94 bits per heavy atom. The predicted octanol–water partition coefficient (Wildman–Crippen LogP) is 2.61. The van der Waals surface area contributed by atoms with E-state index in [4.69, 9.17) is 15.3 Å². The van der Waals surface area contributed by atoms with Gasteiger partial charge >= 0.3 is 0 Å². The zero-order valence-electron chi connectivity index (χ0n) is 16.9. The van der Waals surface area contributed by atoms with Gasteiger partial charge in [0.05, 0.1) is 12.9 Å². The normalized spacial score (nSPS) is 10.7. The maximum absolute atomic E-state index is 13.8. The van der Waals surface area contributed by atoms with Gasteiger partial charge in [-0.05, 0) is 42.0 Å². The molecule has 31 heavy (non-hydrogen) atoms. The van der Waals surface area contributed by atoms with Crippen molar-refractivity contribution in [1.29, 1.82) is 0 Å². The molecule has 0 saturated carbocycles. The first kappa shape index (κ1) is 22.3. The molecule has 0 spiro atoms. The molecule has 2 aromatic carbocycles. The van der Waals surface area contributed by atoms with E-state index in [9.17, 15) is 13.6 Å². The van der Waals surface area contributed by atoms with E-state index in [1.807, 2.05) is 0 Å². The van der Waals surface area contributed by atoms with Gasteiger partial charge in [0.25, 0.3) is 0 Å². The molecule has 1 aromatic heterocycles. The largest absolute Gasteiger partial charge is 0.494 e. The van der Waals surface area contributed by atoms with Crippen molar-refractivity contribution in [2.45, 2.75) is 18.3 Å². The van der Waals surface area contributed by atoms with Crippen LogP contribution in [0.4, 0.5) is 8.78 Å². The molecular weight excluding hydrogens is 428 g/mol. The highest BCUT2D eigenvalue weighted by atomic mass is 32.2. The molecule has 1 amide bonds. The SMILES string of the molecule is COc1ccc(CN(C)C(=O)CSc2nnc(COc3ccc(F)cc3)n2N)cc1F. The fourth-order valence-corrected chi connectivity index (χ4v) is 3.41. The van der Waals surface area contributed by atoms with Crippen molar-refractivity contribution in [1.82, 2.24) is 19.8 Å². The predicted molar refractivity (Wildman–Crippen MR) is 111 cm³/mol. The van der Waals surface area contributed by atoms with Gasteiger partial charge in [-0.3, -0.25) is 4.79 Å². The molecule has 0 bridgehead atoms. The van der Waals surface area contributed by atoms with Crippen molar-refractivity contribution >= 4 is 17.7 Å². The lowest BCUT2D eigenvalue weighted by atomic mass is 10.2. The first-order chi connectivity index (χ1) is 14.9. The van der Waals surface area contributed by atoms with Crippen LogP contribution in [0.15, 0.2) is 47.6 Å². The number of hydrogen-bond acceptors (Lipinski definition) is 7. The van der Waals surface area contributed by atoms with Crippen molar-refractivity contribution in [3.05, 3.63) is 65.5 Å². The van der Waals surface area contributed by atoms with Crippen molar-refractivity contribution in [2.24, 2.45) is 0 Å². The smallest absolute Gasteiger partial charge is 0.233 e. The Bertz CT molecular complexity index is 1050. The fraction of sp³-hybridized carbons (Fsp3) is 0.250. The molecule has 11 heteroatoms. The lowest BCUT2D eigenvalue weighted by molar-refractivity contribution is -0.127. The molecule has 3 aromatic rings. The van der Waals surface area contributed by atoms with Gasteiger partial charge in [0.1, 0.15) is 18.2 Å². The van der Waals surface area contributed by atoms with Gasteiger partial charge in [-0.2, -0.15) is 0 Å². The van der Waals surface area contributed by atoms with Gasteiger partial charge in [-0.1, -0.05) is 17.8 Å². The number of hydrogen-bond donors (Lipinski definition) is 1. The summed E-state index contributed by atoms with van der Waals surface area (Å²) in [5, 5.41) is 8.26. The number of nitrogens with zero attached hydrogens (tertiary/aromatic N) is 4. The summed E-state index contributed by atoms with van der Waals surface area (Å²) in [5.74, 6) is 5.97. The molecule has 0 aliphatic carbocycles. The Morgan fingerprint density at radius 3 is 2.61 bits per heavy atom. The molecule has 0 radical (unpaired) electrons. The van der Waals surface area contributed by atoms with Crippen LogP contribution >= 0.6 is 11.8 Å². The standard InChI is InChI=1S/C20H21F2N5O3S/c1-26(10-13-3-8-17(29-2)16(22)9-13)19(28)12-31-20-25-24-18(27(20)23)11-30-15-6-4-14(21)5-7-15/h3-9H,10-12,23H2,1-2H3. The minimum absolute atomic E-state index is 0.0343. The molecule has 2 N–H and O–H groups in total. The number of methoxy groups -OCH3 is 1. The van der Waals surface area contributed by atoms with Crippen LogP contribution in [0.25, 0.3) is 0 Å². The van der Waals surface area contributed by atoms with E-state index in [0.29, 0.717) is 22.3 Å². The number of thioether (sulfide) groups is 1. The van der Waals surface area contributed by atoms with Crippen LogP contribution in [-0.4, -0.2) is 45.6 Å². The lowest BCUT2D eigenvalue weighted by Gasteiger charge is -2.17. The molecule has 0 atom stereocenters. The number of ether oxygens (including phenoxy) is 2. The molecule has 0 aliphatic rings. The number of amides is 1. The number of benzene rings is 2. The van der Waals surface area contributed by atoms with Gasteiger partial charge in [-0.15, -0.1) is 10.2 Å². The number of carbonyl (C=O) groups is 1. The summed E-state index contributed by atoms with van der Waals surface area (Å²) in [5.41, 5.74) is 0.640. The lowest BCUT2D eigenvalue weighted by Crippen LogP contribution is -2.28. The summed E-state index contributed by atoms with van der Waals surface area (Å²) < 4.78 is 38.4. The van der Waals surface area contributed by atoms with Gasteiger partial charge in [-0.25, -0.2) is 13.5 Å². The third kappa shape index (κ3) is 5.85. The monoisotopic (exact) mass is 449 g/mol. The summed E-state index contributed by atoms with van der Waals surface area (Å²) in [4.78, 5) is 13.9. The van der Waals surface area contributed by atoms with Crippen molar-refractivity contribution in [2.75, 3.05) is 25.8 Å². The highest BCUT2D eigenvalue weighted by Gasteiger charge is 2.16. The van der Waals surface area contributed by atoms with Crippen molar-refractivity contribution < 1.29 is 23.0 Å². The van der Waals surface area contributed by atoms with E-state index in [1.165, 1.54) is 53.1 Å². The maximum atomic E-state index is 13.8. The van der Waals surface area contributed by atoms with Gasteiger partial charge in [0, 0.05) is 13.6 Å². The van der Waals surface area contributed by atoms with Gasteiger partial charge in [0.15, 0.2) is 17.4 Å². The quantitative estimate of drug-likeness (QED) is 0.396. The zero-order chi connectivity index (χ0) is 22.4. The summed E-state index contributed by atoms with van der Waals surface area (Å²) in [6.07, 6.45) is 0. The molecule has 1 heterocycles. The Hall–Kier alpha value is -3.34. The zero-order valence-corrected chi connectivity index (χ0v) is 17.7. The number of nitrogens with two attached hydrogens (primary N) is 1. The van der Waals surface area contributed by atoms with Crippen LogP contribution in [0.5, 0.6) is 11.5 Å². The number of carbonyl (C=O) groups excluding carboxylic acids is 1. The van der Waals surface area contributed by atoms with Crippen LogP contribution in [-0.2, 0) is 17.9 Å². The number of halogens is 2. The highest BCUT2D eigenvalue weighted by molar-refractivity contribution is 7.99. The Kier molecular flexibility index (Phi) is 7.29. The Morgan fingerprint density at radius 1 is 1.19 bits per heavy atom. The summed E-state index contributed by atoms with van der Waals surface area (Å²) in [6, 6.07) is 10.1. The van der Waals surface area contributed by atoms with E-state index in [2.05, 4.69) is 10.2 Å². The molecule has 0 saturated heterocycles. The van der Waals surface area contributed by atoms with E-state index >= 15 is 0 Å². The molecule has 0 aliphatic heterocycles. The van der Waals surface area contributed by atoms with Crippen molar-refractivity contribution in [3.8, 4) is 11.5 Å². The number of rotatable bonds is 9. The fourth-order valence-electron chi connectivity index (χ4n) is 2.59. The summed E-state index contributed by atoms with van der Waals surface area (Å²) >= 11 is 1.12. The van der Waals surface area contributed by atoms with Gasteiger partial charge < -0.3 is 20.2 Å². The minimum atomic E-state index is -0.484. The molecular formula is C20H21F2N5O3S. The van der Waals surface area contributed by atoms with Crippen LogP contribution in [0.1, 0.15) is 11.4 Å². The second-order valence-electron chi connectivity index (χ2n) is 6.52. The van der Waals surface area contributed by atoms with Gasteiger partial charge in [0.2, 0.25) is 11.1 Å². The van der Waals surface area contributed by atoms with Crippen LogP contribution in [0, 0.1) is 11.6 Å². The second kappa shape index (κ2) is 10.1. The first-order valence-corrected chi connectivity index (χ1v) is 10.1. The Balaban J connectivity index is 1.51. The third-order valence-corrected chi connectivity index (χ3v) is 5.23. The average molecular weight is 449 g/mol. The minimum Gasteiger partial charge on any atom is -0.494 e. The summed E-state index contributed by atoms with van der Waals surface area (Å²) in [7, 11) is 3.02. The molecule has 0 unspecified atom stereocenters. The topological polar surface area (TPSA) is 95.5 Å². The third-order valence-electron chi connectivity index (χ3n) is 4.30. The first-order valence-electron chi connectivity index (χ1n) is 9.14. The Labute approximate surface area is 181 Å². The molecule has 3 rings (SSSR count). The molecule has 164 valence electrons. The number of nitrogen functional groups attached to an aromatic ring is 1. The van der Waals surface area contributed by atoms with Crippen molar-refractivity contribution in [3.63, 3.8) is 0 Å². The van der Waals surface area contributed by atoms with E-state index in [-0.39, 0.29) is 36.4 Å². The van der Waals surface area contributed by atoms with Crippen LogP contribution in [0.3, 0.4) is 0 Å². The second-order valence-corrected chi connectivity index (χ2v) is 7.46. The van der Waals surface area contributed by atoms with Crippen LogP contribution < -0.4 is 15.3 Å². The van der Waals surface area contributed by atoms with E-state index < -0.39 is 5.82 Å². The highest BCUT2D eigenvalue weighted by Crippen LogP contribution is 2.20. The van der Waals surface area contributed by atoms with Crippen LogP contribution in [0.2, 0.25) is 0 Å². The van der Waals surface area contributed by atoms with E-state index in [0.717, 1.165) is 11.8 Å².